The molecule has 1 amide bonds. The molecule has 2 rings (SSSR count). The van der Waals surface area contributed by atoms with Crippen LogP contribution in [0.4, 0.5) is 18.9 Å². The quantitative estimate of drug-likeness (QED) is 0.799. The van der Waals surface area contributed by atoms with Crippen LogP contribution in [0.25, 0.3) is 0 Å². The first-order chi connectivity index (χ1) is 12.1. The lowest BCUT2D eigenvalue weighted by Crippen LogP contribution is -2.32. The molecule has 0 bridgehead atoms. The van der Waals surface area contributed by atoms with E-state index in [4.69, 9.17) is 0 Å². The molecule has 0 fully saturated rings. The summed E-state index contributed by atoms with van der Waals surface area (Å²) in [6.45, 7) is 3.45. The van der Waals surface area contributed by atoms with E-state index in [0.29, 0.717) is 6.42 Å². The van der Waals surface area contributed by atoms with Crippen LogP contribution in [-0.4, -0.2) is 20.4 Å². The Morgan fingerprint density at radius 3 is 2.31 bits per heavy atom. The first-order valence-electron chi connectivity index (χ1n) is 7.72. The van der Waals surface area contributed by atoms with Crippen molar-refractivity contribution >= 4 is 21.6 Å². The Morgan fingerprint density at radius 2 is 1.69 bits per heavy atom. The van der Waals surface area contributed by atoms with Gasteiger partial charge in [0.1, 0.15) is 5.82 Å². The molecule has 0 aliphatic carbocycles. The highest BCUT2D eigenvalue weighted by molar-refractivity contribution is 7.89. The van der Waals surface area contributed by atoms with Gasteiger partial charge in [0.15, 0.2) is 11.6 Å². The van der Waals surface area contributed by atoms with Gasteiger partial charge in [0, 0.05) is 17.8 Å². The Hall–Kier alpha value is -2.39. The van der Waals surface area contributed by atoms with Gasteiger partial charge in [0.25, 0.3) is 5.91 Å². The molecule has 0 saturated heterocycles. The molecule has 0 saturated carbocycles. The summed E-state index contributed by atoms with van der Waals surface area (Å²) in [5, 5.41) is 2.20. The third-order valence-electron chi connectivity index (χ3n) is 3.64. The first-order valence-corrected chi connectivity index (χ1v) is 9.20. The van der Waals surface area contributed by atoms with Gasteiger partial charge in [0.05, 0.1) is 10.5 Å². The SMILES string of the molecule is CCC(C)NS(=O)(=O)c1ccc(F)c(C(=O)Nc2ccc(F)c(F)c2)c1. The van der Waals surface area contributed by atoms with Crippen molar-refractivity contribution < 1.29 is 26.4 Å². The van der Waals surface area contributed by atoms with Crippen LogP contribution in [0.15, 0.2) is 41.3 Å². The van der Waals surface area contributed by atoms with E-state index in [1.807, 2.05) is 0 Å². The lowest BCUT2D eigenvalue weighted by atomic mass is 10.2. The predicted molar refractivity (Wildman–Crippen MR) is 90.8 cm³/mol. The number of carbonyl (C=O) groups excluding carboxylic acids is 1. The summed E-state index contributed by atoms with van der Waals surface area (Å²) < 4.78 is 67.0. The number of anilines is 1. The van der Waals surface area contributed by atoms with Gasteiger partial charge >= 0.3 is 0 Å². The highest BCUT2D eigenvalue weighted by Crippen LogP contribution is 2.19. The average molecular weight is 386 g/mol. The van der Waals surface area contributed by atoms with E-state index >= 15 is 0 Å². The molecule has 26 heavy (non-hydrogen) atoms. The van der Waals surface area contributed by atoms with Gasteiger partial charge in [-0.05, 0) is 43.7 Å². The van der Waals surface area contributed by atoms with E-state index in [-0.39, 0.29) is 16.6 Å². The van der Waals surface area contributed by atoms with Crippen molar-refractivity contribution in [1.82, 2.24) is 4.72 Å². The van der Waals surface area contributed by atoms with Crippen molar-refractivity contribution in [3.63, 3.8) is 0 Å². The van der Waals surface area contributed by atoms with Crippen LogP contribution in [0, 0.1) is 17.5 Å². The van der Waals surface area contributed by atoms with Gasteiger partial charge in [-0.1, -0.05) is 6.92 Å². The number of rotatable bonds is 6. The predicted octanol–water partition coefficient (Wildman–Crippen LogP) is 3.43. The van der Waals surface area contributed by atoms with Crippen molar-refractivity contribution in [1.29, 1.82) is 0 Å². The van der Waals surface area contributed by atoms with Crippen molar-refractivity contribution in [3.05, 3.63) is 59.4 Å². The van der Waals surface area contributed by atoms with Crippen LogP contribution >= 0.6 is 0 Å². The second-order valence-electron chi connectivity index (χ2n) is 5.66. The number of hydrogen-bond donors (Lipinski definition) is 2. The maximum atomic E-state index is 14.0. The Labute approximate surface area is 149 Å². The molecule has 5 nitrogen and oxygen atoms in total. The van der Waals surface area contributed by atoms with Gasteiger partial charge < -0.3 is 5.32 Å². The molecular weight excluding hydrogens is 369 g/mol. The van der Waals surface area contributed by atoms with Gasteiger partial charge in [0.2, 0.25) is 10.0 Å². The van der Waals surface area contributed by atoms with Gasteiger partial charge in [-0.3, -0.25) is 4.79 Å². The lowest BCUT2D eigenvalue weighted by Gasteiger charge is -2.13. The number of halogens is 3. The summed E-state index contributed by atoms with van der Waals surface area (Å²) >= 11 is 0. The maximum Gasteiger partial charge on any atom is 0.258 e. The molecule has 0 radical (unpaired) electrons. The number of benzene rings is 2. The van der Waals surface area contributed by atoms with Crippen LogP contribution < -0.4 is 10.0 Å². The van der Waals surface area contributed by atoms with Crippen molar-refractivity contribution in [2.75, 3.05) is 5.32 Å². The largest absolute Gasteiger partial charge is 0.322 e. The van der Waals surface area contributed by atoms with Crippen LogP contribution in [0.1, 0.15) is 30.6 Å². The van der Waals surface area contributed by atoms with E-state index in [9.17, 15) is 26.4 Å². The van der Waals surface area contributed by atoms with E-state index in [1.165, 1.54) is 0 Å². The molecule has 0 aliphatic heterocycles. The molecule has 0 aromatic heterocycles. The summed E-state index contributed by atoms with van der Waals surface area (Å²) in [6.07, 6.45) is 0.546. The summed E-state index contributed by atoms with van der Waals surface area (Å²) in [6, 6.07) is 5.06. The minimum atomic E-state index is -3.94. The summed E-state index contributed by atoms with van der Waals surface area (Å²) in [5.74, 6) is -4.22. The molecule has 140 valence electrons. The first kappa shape index (κ1) is 19.9. The maximum absolute atomic E-state index is 14.0. The van der Waals surface area contributed by atoms with Crippen molar-refractivity contribution in [2.24, 2.45) is 0 Å². The fraction of sp³-hybridized carbons (Fsp3) is 0.235. The normalized spacial score (nSPS) is 12.7. The van der Waals surface area contributed by atoms with Crippen molar-refractivity contribution in [3.8, 4) is 0 Å². The minimum Gasteiger partial charge on any atom is -0.322 e. The summed E-state index contributed by atoms with van der Waals surface area (Å²) in [7, 11) is -3.94. The van der Waals surface area contributed by atoms with Gasteiger partial charge in [-0.15, -0.1) is 0 Å². The zero-order chi connectivity index (χ0) is 19.5. The molecule has 2 N–H and O–H groups in total. The highest BCUT2D eigenvalue weighted by Gasteiger charge is 2.21. The molecular formula is C17H17F3N2O3S. The minimum absolute atomic E-state index is 0.0979. The number of carbonyl (C=O) groups is 1. The fourth-order valence-corrected chi connectivity index (χ4v) is 3.39. The number of sulfonamides is 1. The van der Waals surface area contributed by atoms with Crippen LogP contribution in [0.5, 0.6) is 0 Å². The lowest BCUT2D eigenvalue weighted by molar-refractivity contribution is 0.102. The third kappa shape index (κ3) is 4.61. The van der Waals surface area contributed by atoms with E-state index in [0.717, 1.165) is 36.4 Å². The smallest absolute Gasteiger partial charge is 0.258 e. The Balaban J connectivity index is 2.31. The standard InChI is InChI=1S/C17H17F3N2O3S/c1-3-10(2)22-26(24,25)12-5-7-14(18)13(9-12)17(23)21-11-4-6-15(19)16(20)8-11/h4-10,22H,3H2,1-2H3,(H,21,23). The zero-order valence-electron chi connectivity index (χ0n) is 14.0. The molecule has 0 spiro atoms. The zero-order valence-corrected chi connectivity index (χ0v) is 14.8. The highest BCUT2D eigenvalue weighted by atomic mass is 32.2. The molecule has 1 atom stereocenters. The van der Waals surface area contributed by atoms with E-state index in [2.05, 4.69) is 10.0 Å². The van der Waals surface area contributed by atoms with E-state index in [1.54, 1.807) is 13.8 Å². The number of amides is 1. The van der Waals surface area contributed by atoms with Crippen LogP contribution in [-0.2, 0) is 10.0 Å². The van der Waals surface area contributed by atoms with Gasteiger partial charge in [-0.2, -0.15) is 0 Å². The molecule has 2 aromatic rings. The molecule has 9 heteroatoms. The van der Waals surface area contributed by atoms with E-state index < -0.39 is 38.9 Å². The monoisotopic (exact) mass is 386 g/mol. The summed E-state index contributed by atoms with van der Waals surface area (Å²) in [4.78, 5) is 11.9. The molecule has 0 aliphatic rings. The molecule has 2 aromatic carbocycles. The number of hydrogen-bond acceptors (Lipinski definition) is 3. The Kier molecular flexibility index (Phi) is 6.04. The topological polar surface area (TPSA) is 75.3 Å². The Bertz CT molecular complexity index is 933. The average Bonchev–Trinajstić information content (AvgIpc) is 2.57. The third-order valence-corrected chi connectivity index (χ3v) is 5.23. The van der Waals surface area contributed by atoms with Crippen LogP contribution in [0.3, 0.4) is 0 Å². The molecule has 0 heterocycles. The Morgan fingerprint density at radius 1 is 1.04 bits per heavy atom. The molecule has 1 unspecified atom stereocenters. The second-order valence-corrected chi connectivity index (χ2v) is 7.37. The van der Waals surface area contributed by atoms with Gasteiger partial charge in [-0.25, -0.2) is 26.3 Å². The van der Waals surface area contributed by atoms with Crippen LogP contribution in [0.2, 0.25) is 0 Å². The number of nitrogens with one attached hydrogen (secondary N) is 2. The van der Waals surface area contributed by atoms with Crippen molar-refractivity contribution in [2.45, 2.75) is 31.2 Å². The second kappa shape index (κ2) is 7.88. The fourth-order valence-electron chi connectivity index (χ4n) is 2.03. The summed E-state index contributed by atoms with van der Waals surface area (Å²) in [5.41, 5.74) is -0.638.